The third-order valence-electron chi connectivity index (χ3n) is 2.56. The van der Waals surface area contributed by atoms with Crippen LogP contribution >= 0.6 is 18.9 Å². The zero-order valence-electron chi connectivity index (χ0n) is 11.3. The molecule has 7 heteroatoms. The molecule has 1 N–H and O–H groups in total. The molecular formula is C13H16NO4PS. The van der Waals surface area contributed by atoms with Crippen molar-refractivity contribution in [3.8, 4) is 10.6 Å². The topological polar surface area (TPSA) is 68.4 Å². The summed E-state index contributed by atoms with van der Waals surface area (Å²) in [5, 5.41) is 2.28. The van der Waals surface area contributed by atoms with E-state index in [1.807, 2.05) is 17.5 Å². The van der Waals surface area contributed by atoms with Gasteiger partial charge in [0.2, 0.25) is 5.56 Å². The largest absolute Gasteiger partial charge is 0.363 e. The van der Waals surface area contributed by atoms with E-state index >= 15 is 0 Å². The molecule has 0 aliphatic carbocycles. The van der Waals surface area contributed by atoms with Crippen molar-refractivity contribution in [3.05, 3.63) is 40.0 Å². The molecule has 0 fully saturated rings. The smallest absolute Gasteiger partial charge is 0.320 e. The Morgan fingerprint density at radius 1 is 1.20 bits per heavy atom. The molecule has 5 nitrogen and oxygen atoms in total. The van der Waals surface area contributed by atoms with Crippen molar-refractivity contribution in [1.29, 1.82) is 0 Å². The molecule has 0 aromatic carbocycles. The summed E-state index contributed by atoms with van der Waals surface area (Å²) in [6.07, 6.45) is 0. The fourth-order valence-electron chi connectivity index (χ4n) is 1.82. The second kappa shape index (κ2) is 6.50. The standard InChI is InChI=1S/C13H16NO4PS/c1-3-17-19(16,18-4-2)10-7-8-12(15)14-13(10)11-6-5-9-20-11/h5-9H,3-4H2,1-2H3,(H,14,15). The summed E-state index contributed by atoms with van der Waals surface area (Å²) >= 11 is 1.45. The zero-order valence-corrected chi connectivity index (χ0v) is 13.0. The van der Waals surface area contributed by atoms with Crippen LogP contribution in [-0.2, 0) is 13.6 Å². The lowest BCUT2D eigenvalue weighted by molar-refractivity contribution is 0.230. The maximum absolute atomic E-state index is 12.9. The highest BCUT2D eigenvalue weighted by atomic mass is 32.1. The first-order chi connectivity index (χ1) is 9.60. The molecular weight excluding hydrogens is 297 g/mol. The monoisotopic (exact) mass is 313 g/mol. The van der Waals surface area contributed by atoms with E-state index in [4.69, 9.17) is 9.05 Å². The first kappa shape index (κ1) is 15.2. The van der Waals surface area contributed by atoms with Gasteiger partial charge in [-0.05, 0) is 31.4 Å². The van der Waals surface area contributed by atoms with Gasteiger partial charge < -0.3 is 14.0 Å². The summed E-state index contributed by atoms with van der Waals surface area (Å²) < 4.78 is 23.6. The highest BCUT2D eigenvalue weighted by Gasteiger charge is 2.30. The summed E-state index contributed by atoms with van der Waals surface area (Å²) in [6, 6.07) is 6.56. The molecule has 2 heterocycles. The van der Waals surface area contributed by atoms with Crippen LogP contribution in [0.1, 0.15) is 13.8 Å². The molecule has 0 amide bonds. The molecule has 2 aromatic rings. The average molecular weight is 313 g/mol. The zero-order chi connectivity index (χ0) is 14.6. The summed E-state index contributed by atoms with van der Waals surface area (Å²) in [6.45, 7) is 4.03. The maximum Gasteiger partial charge on any atom is 0.363 e. The van der Waals surface area contributed by atoms with Crippen LogP contribution in [0.5, 0.6) is 0 Å². The number of aromatic amines is 1. The van der Waals surface area contributed by atoms with Gasteiger partial charge >= 0.3 is 7.60 Å². The number of aromatic nitrogens is 1. The number of hydrogen-bond donors (Lipinski definition) is 1. The lowest BCUT2D eigenvalue weighted by atomic mass is 10.3. The molecule has 0 aliphatic rings. The molecule has 0 aliphatic heterocycles. The number of nitrogens with one attached hydrogen (secondary N) is 1. The Morgan fingerprint density at radius 3 is 2.45 bits per heavy atom. The minimum Gasteiger partial charge on any atom is -0.320 e. The predicted octanol–water partition coefficient (Wildman–Crippen LogP) is 2.99. The molecule has 20 heavy (non-hydrogen) atoms. The van der Waals surface area contributed by atoms with Crippen molar-refractivity contribution in [2.24, 2.45) is 0 Å². The van der Waals surface area contributed by atoms with Crippen LogP contribution < -0.4 is 10.9 Å². The lowest BCUT2D eigenvalue weighted by Crippen LogP contribution is -2.19. The van der Waals surface area contributed by atoms with Crippen LogP contribution in [-0.4, -0.2) is 18.2 Å². The van der Waals surface area contributed by atoms with Gasteiger partial charge in [-0.1, -0.05) is 6.07 Å². The highest BCUT2D eigenvalue weighted by Crippen LogP contribution is 2.48. The van der Waals surface area contributed by atoms with E-state index in [1.165, 1.54) is 23.5 Å². The summed E-state index contributed by atoms with van der Waals surface area (Å²) in [5.41, 5.74) is 0.245. The summed E-state index contributed by atoms with van der Waals surface area (Å²) in [5.74, 6) is 0. The van der Waals surface area contributed by atoms with Gasteiger partial charge in [0.25, 0.3) is 0 Å². The molecule has 0 bridgehead atoms. The SMILES string of the molecule is CCOP(=O)(OCC)c1ccc(=O)[nH]c1-c1cccs1. The second-order valence-electron chi connectivity index (χ2n) is 3.89. The Morgan fingerprint density at radius 2 is 1.90 bits per heavy atom. The van der Waals surface area contributed by atoms with Gasteiger partial charge in [0.15, 0.2) is 0 Å². The molecule has 0 atom stereocenters. The van der Waals surface area contributed by atoms with Gasteiger partial charge in [-0.3, -0.25) is 9.36 Å². The van der Waals surface area contributed by atoms with E-state index in [9.17, 15) is 9.36 Å². The fraction of sp³-hybridized carbons (Fsp3) is 0.308. The van der Waals surface area contributed by atoms with E-state index in [0.717, 1.165) is 4.88 Å². The van der Waals surface area contributed by atoms with Gasteiger partial charge in [-0.15, -0.1) is 11.3 Å². The molecule has 0 unspecified atom stereocenters. The van der Waals surface area contributed by atoms with Crippen molar-refractivity contribution in [2.45, 2.75) is 13.8 Å². The van der Waals surface area contributed by atoms with Crippen molar-refractivity contribution in [2.75, 3.05) is 13.2 Å². The molecule has 2 aromatic heterocycles. The van der Waals surface area contributed by atoms with Crippen molar-refractivity contribution in [3.63, 3.8) is 0 Å². The van der Waals surface area contributed by atoms with E-state index in [0.29, 0.717) is 11.0 Å². The summed E-state index contributed by atoms with van der Waals surface area (Å²) in [7, 11) is -3.43. The molecule has 0 saturated carbocycles. The third-order valence-corrected chi connectivity index (χ3v) is 5.60. The molecule has 0 radical (unpaired) electrons. The minimum atomic E-state index is -3.43. The predicted molar refractivity (Wildman–Crippen MR) is 80.9 cm³/mol. The Hall–Kier alpha value is -1.20. The fourth-order valence-corrected chi connectivity index (χ4v) is 4.38. The second-order valence-corrected chi connectivity index (χ2v) is 6.83. The number of pyridine rings is 1. The van der Waals surface area contributed by atoms with Crippen LogP contribution in [0, 0.1) is 0 Å². The van der Waals surface area contributed by atoms with Gasteiger partial charge in [0.05, 0.1) is 29.1 Å². The lowest BCUT2D eigenvalue weighted by Gasteiger charge is -2.19. The number of rotatable bonds is 6. The Balaban J connectivity index is 2.61. The molecule has 2 rings (SSSR count). The van der Waals surface area contributed by atoms with Gasteiger partial charge in [-0.2, -0.15) is 0 Å². The third kappa shape index (κ3) is 3.10. The van der Waals surface area contributed by atoms with Crippen LogP contribution in [0.4, 0.5) is 0 Å². The van der Waals surface area contributed by atoms with Crippen molar-refractivity contribution in [1.82, 2.24) is 4.98 Å². The number of thiophene rings is 1. The molecule has 108 valence electrons. The maximum atomic E-state index is 12.9. The van der Waals surface area contributed by atoms with Crippen LogP contribution in [0.3, 0.4) is 0 Å². The Kier molecular flexibility index (Phi) is 4.94. The van der Waals surface area contributed by atoms with Gasteiger partial charge in [-0.25, -0.2) is 0 Å². The van der Waals surface area contributed by atoms with Crippen LogP contribution in [0.15, 0.2) is 34.4 Å². The van der Waals surface area contributed by atoms with E-state index in [2.05, 4.69) is 4.98 Å². The minimum absolute atomic E-state index is 0.253. The average Bonchev–Trinajstić information content (AvgIpc) is 2.92. The normalized spacial score (nSPS) is 11.7. The highest BCUT2D eigenvalue weighted by molar-refractivity contribution is 7.62. The quantitative estimate of drug-likeness (QED) is 0.832. The van der Waals surface area contributed by atoms with E-state index in [-0.39, 0.29) is 18.8 Å². The van der Waals surface area contributed by atoms with Gasteiger partial charge in [0.1, 0.15) is 0 Å². The Labute approximate surface area is 121 Å². The summed E-state index contributed by atoms with van der Waals surface area (Å²) in [4.78, 5) is 15.1. The van der Waals surface area contributed by atoms with Crippen molar-refractivity contribution >= 4 is 24.2 Å². The Bertz CT molecular complexity index is 655. The number of hydrogen-bond acceptors (Lipinski definition) is 5. The number of H-pyrrole nitrogens is 1. The first-order valence-electron chi connectivity index (χ1n) is 6.27. The van der Waals surface area contributed by atoms with Gasteiger partial charge in [0, 0.05) is 6.07 Å². The first-order valence-corrected chi connectivity index (χ1v) is 8.70. The van der Waals surface area contributed by atoms with E-state index in [1.54, 1.807) is 13.8 Å². The van der Waals surface area contributed by atoms with E-state index < -0.39 is 7.60 Å². The molecule has 0 spiro atoms. The van der Waals surface area contributed by atoms with Crippen molar-refractivity contribution < 1.29 is 13.6 Å². The van der Waals surface area contributed by atoms with Crippen LogP contribution in [0.25, 0.3) is 10.6 Å². The molecule has 0 saturated heterocycles. The van der Waals surface area contributed by atoms with Crippen LogP contribution in [0.2, 0.25) is 0 Å².